The number of hydrogen-bond donors (Lipinski definition) is 3. The highest BCUT2D eigenvalue weighted by Gasteiger charge is 2.03. The maximum absolute atomic E-state index is 9.37. The van der Waals surface area contributed by atoms with Gasteiger partial charge in [-0.05, 0) is 37.1 Å². The summed E-state index contributed by atoms with van der Waals surface area (Å²) in [4.78, 5) is 0. The third-order valence-electron chi connectivity index (χ3n) is 1.65. The van der Waals surface area contributed by atoms with Gasteiger partial charge in [0, 0.05) is 11.7 Å². The van der Waals surface area contributed by atoms with Crippen LogP contribution in [0.4, 0.5) is 5.69 Å². The molecule has 1 aromatic carbocycles. The van der Waals surface area contributed by atoms with E-state index in [-0.39, 0.29) is 11.8 Å². The van der Waals surface area contributed by atoms with Gasteiger partial charge in [-0.15, -0.1) is 0 Å². The van der Waals surface area contributed by atoms with E-state index in [4.69, 9.17) is 11.5 Å². The molecule has 0 amide bonds. The Labute approximate surface area is 72.0 Å². The Kier molecular flexibility index (Phi) is 2.55. The lowest BCUT2D eigenvalue weighted by molar-refractivity contribution is 0.466. The van der Waals surface area contributed by atoms with Gasteiger partial charge in [0.25, 0.3) is 0 Å². The molecule has 1 aromatic rings. The monoisotopic (exact) mass is 166 g/mol. The van der Waals surface area contributed by atoms with E-state index in [1.807, 2.05) is 6.92 Å². The Hall–Kier alpha value is -1.22. The topological polar surface area (TPSA) is 72.3 Å². The van der Waals surface area contributed by atoms with Gasteiger partial charge in [-0.1, -0.05) is 0 Å². The van der Waals surface area contributed by atoms with Crippen molar-refractivity contribution in [3.63, 3.8) is 0 Å². The van der Waals surface area contributed by atoms with E-state index < -0.39 is 0 Å². The van der Waals surface area contributed by atoms with Gasteiger partial charge < -0.3 is 16.6 Å². The molecule has 66 valence electrons. The predicted octanol–water partition coefficient (Wildman–Crippen LogP) is 0.864. The third kappa shape index (κ3) is 2.13. The van der Waals surface area contributed by atoms with E-state index in [0.29, 0.717) is 12.1 Å². The first-order chi connectivity index (χ1) is 5.59. The highest BCUT2D eigenvalue weighted by molar-refractivity contribution is 5.47. The largest absolute Gasteiger partial charge is 0.508 e. The summed E-state index contributed by atoms with van der Waals surface area (Å²) in [5, 5.41) is 9.37. The van der Waals surface area contributed by atoms with Crippen LogP contribution in [-0.2, 0) is 6.42 Å². The van der Waals surface area contributed by atoms with Crippen molar-refractivity contribution in [3.8, 4) is 5.75 Å². The molecule has 0 spiro atoms. The van der Waals surface area contributed by atoms with E-state index in [1.165, 1.54) is 0 Å². The molecule has 0 fully saturated rings. The summed E-state index contributed by atoms with van der Waals surface area (Å²) in [5.41, 5.74) is 12.6. The van der Waals surface area contributed by atoms with Crippen LogP contribution in [-0.4, -0.2) is 11.1 Å². The van der Waals surface area contributed by atoms with Crippen molar-refractivity contribution in [2.24, 2.45) is 5.73 Å². The van der Waals surface area contributed by atoms with Crippen LogP contribution in [0.15, 0.2) is 18.2 Å². The quantitative estimate of drug-likeness (QED) is 0.451. The first kappa shape index (κ1) is 8.87. The summed E-state index contributed by atoms with van der Waals surface area (Å²) < 4.78 is 0. The normalized spacial score (nSPS) is 12.8. The van der Waals surface area contributed by atoms with Gasteiger partial charge in [0.1, 0.15) is 5.75 Å². The Bertz CT molecular complexity index is 271. The van der Waals surface area contributed by atoms with Gasteiger partial charge in [-0.2, -0.15) is 0 Å². The first-order valence-corrected chi connectivity index (χ1v) is 3.92. The number of phenols is 1. The lowest BCUT2D eigenvalue weighted by atomic mass is 10.1. The fourth-order valence-electron chi connectivity index (χ4n) is 1.12. The van der Waals surface area contributed by atoms with Crippen LogP contribution in [0.25, 0.3) is 0 Å². The maximum atomic E-state index is 9.37. The Balaban J connectivity index is 2.90. The van der Waals surface area contributed by atoms with Crippen LogP contribution < -0.4 is 11.5 Å². The van der Waals surface area contributed by atoms with Crippen molar-refractivity contribution in [1.29, 1.82) is 0 Å². The lowest BCUT2D eigenvalue weighted by Gasteiger charge is -2.07. The van der Waals surface area contributed by atoms with Crippen molar-refractivity contribution < 1.29 is 5.11 Å². The highest BCUT2D eigenvalue weighted by atomic mass is 16.3. The minimum absolute atomic E-state index is 0.0395. The van der Waals surface area contributed by atoms with Crippen LogP contribution >= 0.6 is 0 Å². The number of aromatic hydroxyl groups is 1. The fourth-order valence-corrected chi connectivity index (χ4v) is 1.12. The van der Waals surface area contributed by atoms with Gasteiger partial charge in [0.2, 0.25) is 0 Å². The molecule has 0 saturated heterocycles. The van der Waals surface area contributed by atoms with Crippen LogP contribution in [0.5, 0.6) is 5.75 Å². The molecule has 0 aliphatic rings. The van der Waals surface area contributed by atoms with Crippen molar-refractivity contribution in [1.82, 2.24) is 0 Å². The molecule has 0 radical (unpaired) electrons. The molecule has 0 aliphatic heterocycles. The molecule has 12 heavy (non-hydrogen) atoms. The van der Waals surface area contributed by atoms with Crippen molar-refractivity contribution in [3.05, 3.63) is 23.8 Å². The summed E-state index contributed by atoms with van der Waals surface area (Å²) in [5.74, 6) is 0.265. The van der Waals surface area contributed by atoms with E-state index in [1.54, 1.807) is 18.2 Å². The molecule has 3 heteroatoms. The molecule has 1 atom stereocenters. The number of nitrogen functional groups attached to an aromatic ring is 1. The number of hydrogen-bond acceptors (Lipinski definition) is 3. The van der Waals surface area contributed by atoms with E-state index in [9.17, 15) is 5.11 Å². The first-order valence-electron chi connectivity index (χ1n) is 3.92. The third-order valence-corrected chi connectivity index (χ3v) is 1.65. The molecule has 5 N–H and O–H groups in total. The summed E-state index contributed by atoms with van der Waals surface area (Å²) in [6.07, 6.45) is 0.650. The minimum Gasteiger partial charge on any atom is -0.508 e. The molecule has 0 heterocycles. The van der Waals surface area contributed by atoms with Gasteiger partial charge in [-0.3, -0.25) is 0 Å². The molecule has 0 saturated carbocycles. The summed E-state index contributed by atoms with van der Waals surface area (Å²) in [6.45, 7) is 1.89. The summed E-state index contributed by atoms with van der Waals surface area (Å²) >= 11 is 0. The zero-order valence-corrected chi connectivity index (χ0v) is 7.12. The number of nitrogens with two attached hydrogens (primary N) is 2. The van der Waals surface area contributed by atoms with Crippen LogP contribution in [0.2, 0.25) is 0 Å². The predicted molar refractivity (Wildman–Crippen MR) is 49.9 cm³/mol. The SMILES string of the molecule is CC(N)Cc1cc(N)ccc1O. The molecule has 1 rings (SSSR count). The Morgan fingerprint density at radius 3 is 2.75 bits per heavy atom. The Morgan fingerprint density at radius 2 is 2.17 bits per heavy atom. The zero-order chi connectivity index (χ0) is 9.14. The highest BCUT2D eigenvalue weighted by Crippen LogP contribution is 2.20. The standard InChI is InChI=1S/C9H14N2O/c1-6(10)4-7-5-8(11)2-3-9(7)12/h2-3,5-6,12H,4,10-11H2,1H3. The Morgan fingerprint density at radius 1 is 1.50 bits per heavy atom. The number of benzene rings is 1. The van der Waals surface area contributed by atoms with Crippen molar-refractivity contribution in [2.75, 3.05) is 5.73 Å². The second-order valence-electron chi connectivity index (χ2n) is 3.07. The van der Waals surface area contributed by atoms with Gasteiger partial charge in [0.15, 0.2) is 0 Å². The lowest BCUT2D eigenvalue weighted by Crippen LogP contribution is -2.17. The zero-order valence-electron chi connectivity index (χ0n) is 7.12. The minimum atomic E-state index is 0.0395. The summed E-state index contributed by atoms with van der Waals surface area (Å²) in [7, 11) is 0. The summed E-state index contributed by atoms with van der Waals surface area (Å²) in [6, 6.07) is 5.05. The molecule has 1 unspecified atom stereocenters. The molecule has 3 nitrogen and oxygen atoms in total. The van der Waals surface area contributed by atoms with Crippen LogP contribution in [0.1, 0.15) is 12.5 Å². The molecule has 0 bridgehead atoms. The number of rotatable bonds is 2. The van der Waals surface area contributed by atoms with E-state index >= 15 is 0 Å². The molecule has 0 aliphatic carbocycles. The smallest absolute Gasteiger partial charge is 0.118 e. The average Bonchev–Trinajstić information content (AvgIpc) is 1.96. The second-order valence-corrected chi connectivity index (χ2v) is 3.07. The van der Waals surface area contributed by atoms with Crippen molar-refractivity contribution in [2.45, 2.75) is 19.4 Å². The van der Waals surface area contributed by atoms with Gasteiger partial charge in [-0.25, -0.2) is 0 Å². The average molecular weight is 166 g/mol. The van der Waals surface area contributed by atoms with Crippen LogP contribution in [0.3, 0.4) is 0 Å². The maximum Gasteiger partial charge on any atom is 0.118 e. The molecular weight excluding hydrogens is 152 g/mol. The second kappa shape index (κ2) is 3.45. The van der Waals surface area contributed by atoms with Gasteiger partial charge >= 0.3 is 0 Å². The molecular formula is C9H14N2O. The van der Waals surface area contributed by atoms with Gasteiger partial charge in [0.05, 0.1) is 0 Å². The number of anilines is 1. The van der Waals surface area contributed by atoms with Crippen LogP contribution in [0, 0.1) is 0 Å². The fraction of sp³-hybridized carbons (Fsp3) is 0.333. The molecule has 0 aromatic heterocycles. The van der Waals surface area contributed by atoms with Crippen molar-refractivity contribution >= 4 is 5.69 Å². The van der Waals surface area contributed by atoms with E-state index in [0.717, 1.165) is 5.56 Å². The van der Waals surface area contributed by atoms with E-state index in [2.05, 4.69) is 0 Å². The number of phenolic OH excluding ortho intramolecular Hbond substituents is 1.